The molecule has 0 radical (unpaired) electrons. The number of hydroxylamine groups is 2. The van der Waals surface area contributed by atoms with Gasteiger partial charge in [-0.25, -0.2) is 9.37 Å². The fourth-order valence-electron chi connectivity index (χ4n) is 2.36. The molecule has 5 nitrogen and oxygen atoms in total. The van der Waals surface area contributed by atoms with Crippen molar-refractivity contribution in [1.82, 2.24) is 10.0 Å². The molecule has 0 aliphatic carbocycles. The number of anilines is 1. The lowest BCUT2D eigenvalue weighted by Gasteiger charge is -2.19. The van der Waals surface area contributed by atoms with Crippen molar-refractivity contribution in [1.29, 1.82) is 0 Å². The van der Waals surface area contributed by atoms with Crippen LogP contribution in [0.1, 0.15) is 24.8 Å². The van der Waals surface area contributed by atoms with Gasteiger partial charge in [-0.05, 0) is 13.0 Å². The number of thiazole rings is 1. The summed E-state index contributed by atoms with van der Waals surface area (Å²) in [5.74, 6) is -0.767. The molecule has 1 N–H and O–H groups in total. The Hall–Kier alpha value is -1.30. The van der Waals surface area contributed by atoms with E-state index in [-0.39, 0.29) is 35.5 Å². The van der Waals surface area contributed by atoms with Crippen molar-refractivity contribution in [2.75, 3.05) is 29.5 Å². The minimum absolute atomic E-state index is 0.0205. The number of carbonyl (C=O) groups excluding carboxylic acids is 1. The first-order valence-electron chi connectivity index (χ1n) is 8.25. The van der Waals surface area contributed by atoms with Gasteiger partial charge < -0.3 is 4.90 Å². The number of rotatable bonds is 8. The molecule has 0 saturated heterocycles. The summed E-state index contributed by atoms with van der Waals surface area (Å²) in [6, 6.07) is 0. The molecule has 0 aromatic carbocycles. The van der Waals surface area contributed by atoms with Crippen LogP contribution in [0.15, 0.2) is 18.1 Å². The molecule has 12 heteroatoms. The number of halogens is 5. The minimum Gasteiger partial charge on any atom is -0.301 e. The molecule has 156 valence electrons. The maximum Gasteiger partial charge on any atom is 0.389 e. The predicted octanol–water partition coefficient (Wildman–Crippen LogP) is 5.12. The standard InChI is InChI=1S/C16H18ClF4N3O2S2/c1-2-24(12(25)3-5-27-6-4-16(19,20)21)15-13(17)22-14(28-15)10-7-11(18)9-23(26)8-10/h7,9,26H,2-6,8H2,1H3. The van der Waals surface area contributed by atoms with E-state index in [0.717, 1.165) is 29.3 Å². The molecule has 2 rings (SSSR count). The van der Waals surface area contributed by atoms with Crippen LogP contribution in [0.2, 0.25) is 5.15 Å². The van der Waals surface area contributed by atoms with E-state index in [0.29, 0.717) is 27.2 Å². The molecule has 1 aromatic rings. The van der Waals surface area contributed by atoms with Crippen LogP contribution >= 0.6 is 34.7 Å². The van der Waals surface area contributed by atoms with E-state index >= 15 is 0 Å². The summed E-state index contributed by atoms with van der Waals surface area (Å²) in [6.07, 6.45) is -2.88. The van der Waals surface area contributed by atoms with E-state index in [1.807, 2.05) is 0 Å². The quantitative estimate of drug-likeness (QED) is 0.431. The molecular formula is C16H18ClF4N3O2S2. The lowest BCUT2D eigenvalue weighted by Crippen LogP contribution is -2.30. The van der Waals surface area contributed by atoms with Crippen LogP contribution in [-0.4, -0.2) is 51.9 Å². The molecule has 1 aliphatic rings. The fraction of sp³-hybridized carbons (Fsp3) is 0.500. The zero-order valence-corrected chi connectivity index (χ0v) is 17.2. The topological polar surface area (TPSA) is 56.7 Å². The number of nitrogens with zero attached hydrogens (tertiary/aromatic N) is 3. The van der Waals surface area contributed by atoms with E-state index in [1.54, 1.807) is 6.92 Å². The van der Waals surface area contributed by atoms with Gasteiger partial charge in [0.25, 0.3) is 0 Å². The molecule has 0 fully saturated rings. The van der Waals surface area contributed by atoms with Crippen LogP contribution in [0.5, 0.6) is 0 Å². The molecule has 1 amide bonds. The Morgan fingerprint density at radius 2 is 2.18 bits per heavy atom. The highest BCUT2D eigenvalue weighted by atomic mass is 35.5. The van der Waals surface area contributed by atoms with Crippen LogP contribution in [0, 0.1) is 0 Å². The van der Waals surface area contributed by atoms with Gasteiger partial charge >= 0.3 is 6.18 Å². The van der Waals surface area contributed by atoms with E-state index < -0.39 is 18.4 Å². The molecule has 1 aliphatic heterocycles. The number of hydrogen-bond acceptors (Lipinski definition) is 6. The maximum absolute atomic E-state index is 13.5. The van der Waals surface area contributed by atoms with Gasteiger partial charge in [-0.3, -0.25) is 15.1 Å². The summed E-state index contributed by atoms with van der Waals surface area (Å²) in [4.78, 5) is 18.0. The molecule has 0 atom stereocenters. The van der Waals surface area contributed by atoms with E-state index in [1.165, 1.54) is 11.0 Å². The van der Waals surface area contributed by atoms with Gasteiger partial charge in [-0.15, -0.1) is 0 Å². The monoisotopic (exact) mass is 459 g/mol. The number of thioether (sulfide) groups is 1. The van der Waals surface area contributed by atoms with Gasteiger partial charge in [0.1, 0.15) is 15.8 Å². The van der Waals surface area contributed by atoms with Crippen molar-refractivity contribution in [3.63, 3.8) is 0 Å². The number of hydrogen-bond donors (Lipinski definition) is 1. The van der Waals surface area contributed by atoms with Gasteiger partial charge in [0, 0.05) is 30.0 Å². The summed E-state index contributed by atoms with van der Waals surface area (Å²) < 4.78 is 49.9. The lowest BCUT2D eigenvalue weighted by atomic mass is 10.2. The second-order valence-corrected chi connectivity index (χ2v) is 8.32. The van der Waals surface area contributed by atoms with Crippen molar-refractivity contribution >= 4 is 51.2 Å². The predicted molar refractivity (Wildman–Crippen MR) is 103 cm³/mol. The molecular weight excluding hydrogens is 442 g/mol. The highest BCUT2D eigenvalue weighted by Crippen LogP contribution is 2.37. The second kappa shape index (κ2) is 9.95. The summed E-state index contributed by atoms with van der Waals surface area (Å²) in [5.41, 5.74) is 0.409. The Morgan fingerprint density at radius 3 is 2.79 bits per heavy atom. The molecule has 1 aromatic heterocycles. The van der Waals surface area contributed by atoms with Crippen LogP contribution in [-0.2, 0) is 4.79 Å². The van der Waals surface area contributed by atoms with Crippen LogP contribution in [0.4, 0.5) is 22.6 Å². The molecule has 0 bridgehead atoms. The zero-order chi connectivity index (χ0) is 20.9. The number of allylic oxidation sites excluding steroid dienone is 2. The van der Waals surface area contributed by atoms with Crippen molar-refractivity contribution in [3.8, 4) is 0 Å². The zero-order valence-electron chi connectivity index (χ0n) is 14.8. The Kier molecular flexibility index (Phi) is 8.17. The average Bonchev–Trinajstić information content (AvgIpc) is 2.95. The smallest absolute Gasteiger partial charge is 0.301 e. The maximum atomic E-state index is 13.5. The van der Waals surface area contributed by atoms with Crippen molar-refractivity contribution in [3.05, 3.63) is 28.3 Å². The van der Waals surface area contributed by atoms with Gasteiger partial charge in [-0.2, -0.15) is 24.9 Å². The number of aromatic nitrogens is 1. The summed E-state index contributed by atoms with van der Waals surface area (Å²) in [6.45, 7) is 2.06. The van der Waals surface area contributed by atoms with Crippen LogP contribution in [0.3, 0.4) is 0 Å². The van der Waals surface area contributed by atoms with E-state index in [4.69, 9.17) is 11.6 Å². The summed E-state index contributed by atoms with van der Waals surface area (Å²) in [7, 11) is 0. The minimum atomic E-state index is -4.20. The third-order valence-electron chi connectivity index (χ3n) is 3.61. The summed E-state index contributed by atoms with van der Waals surface area (Å²) in [5, 5.41) is 11.0. The van der Waals surface area contributed by atoms with E-state index in [9.17, 15) is 27.6 Å². The van der Waals surface area contributed by atoms with Gasteiger partial charge in [0.2, 0.25) is 5.91 Å². The fourth-order valence-corrected chi connectivity index (χ4v) is 4.65. The van der Waals surface area contributed by atoms with Gasteiger partial charge in [-0.1, -0.05) is 22.9 Å². The third kappa shape index (κ3) is 6.64. The highest BCUT2D eigenvalue weighted by molar-refractivity contribution is 7.99. The summed E-state index contributed by atoms with van der Waals surface area (Å²) >= 11 is 8.30. The first kappa shape index (κ1) is 23.0. The van der Waals surface area contributed by atoms with Crippen molar-refractivity contribution in [2.24, 2.45) is 0 Å². The SMILES string of the molecule is CCN(C(=O)CCSCCC(F)(F)F)c1sc(C2=CC(F)=CN(O)C2)nc1Cl. The Bertz CT molecular complexity index is 768. The molecule has 28 heavy (non-hydrogen) atoms. The molecule has 0 spiro atoms. The molecule has 0 saturated carbocycles. The number of alkyl halides is 3. The van der Waals surface area contributed by atoms with Crippen LogP contribution in [0.25, 0.3) is 5.57 Å². The van der Waals surface area contributed by atoms with Gasteiger partial charge in [0.15, 0.2) is 5.15 Å². The lowest BCUT2D eigenvalue weighted by molar-refractivity contribution is -0.129. The normalized spacial score (nSPS) is 14.8. The first-order valence-corrected chi connectivity index (χ1v) is 10.6. The van der Waals surface area contributed by atoms with Crippen molar-refractivity contribution < 1.29 is 27.6 Å². The van der Waals surface area contributed by atoms with Crippen LogP contribution < -0.4 is 4.90 Å². The molecule has 0 unspecified atom stereocenters. The number of carbonyl (C=O) groups is 1. The largest absolute Gasteiger partial charge is 0.389 e. The Morgan fingerprint density at radius 1 is 1.46 bits per heavy atom. The number of amides is 1. The Balaban J connectivity index is 2.01. The van der Waals surface area contributed by atoms with Crippen molar-refractivity contribution in [2.45, 2.75) is 25.9 Å². The van der Waals surface area contributed by atoms with Gasteiger partial charge in [0.05, 0.1) is 19.2 Å². The molecule has 2 heterocycles. The second-order valence-electron chi connectivity index (χ2n) is 5.76. The highest BCUT2D eigenvalue weighted by Gasteiger charge is 2.27. The third-order valence-corrected chi connectivity index (χ3v) is 6.13. The average molecular weight is 460 g/mol. The Labute approximate surface area is 172 Å². The van der Waals surface area contributed by atoms with E-state index in [2.05, 4.69) is 4.98 Å². The first-order chi connectivity index (χ1) is 13.1.